The molecule has 0 fully saturated rings. The molecule has 1 N–H and O–H groups in total. The van der Waals surface area contributed by atoms with Gasteiger partial charge < -0.3 is 9.52 Å². The quantitative estimate of drug-likeness (QED) is 0.851. The van der Waals surface area contributed by atoms with E-state index in [2.05, 4.69) is 10.1 Å². The van der Waals surface area contributed by atoms with Crippen molar-refractivity contribution in [3.8, 4) is 0 Å². The van der Waals surface area contributed by atoms with Crippen LogP contribution in [-0.2, 0) is 6.54 Å². The van der Waals surface area contributed by atoms with Crippen molar-refractivity contribution in [3.05, 3.63) is 36.3 Å². The zero-order chi connectivity index (χ0) is 9.97. The topological polar surface area (TPSA) is 81.1 Å². The Bertz CT molecular complexity index is 438. The number of carbonyl (C=O) groups is 1. The summed E-state index contributed by atoms with van der Waals surface area (Å²) in [5.74, 6) is -0.608. The van der Waals surface area contributed by atoms with E-state index in [0.29, 0.717) is 12.3 Å². The molecule has 0 saturated carbocycles. The van der Waals surface area contributed by atoms with E-state index in [1.807, 2.05) is 0 Å². The molecular weight excluding hydrogens is 222 g/mol. The Balaban J connectivity index is 0.00000112. The highest BCUT2D eigenvalue weighted by atomic mass is 35.5. The third kappa shape index (κ3) is 2.57. The normalized spacial score (nSPS) is 9.60. The molecular formula is C8H8ClN3O3. The van der Waals surface area contributed by atoms with Crippen molar-refractivity contribution in [2.24, 2.45) is 0 Å². The molecule has 0 aromatic carbocycles. The van der Waals surface area contributed by atoms with Crippen LogP contribution in [0.4, 0.5) is 0 Å². The number of hydrogen-bond acceptors (Lipinski definition) is 4. The fraction of sp³-hybridized carbons (Fsp3) is 0.125. The van der Waals surface area contributed by atoms with Gasteiger partial charge in [0, 0.05) is 0 Å². The highest BCUT2D eigenvalue weighted by Gasteiger charge is 2.08. The van der Waals surface area contributed by atoms with Crippen LogP contribution in [0.25, 0.3) is 0 Å². The lowest BCUT2D eigenvalue weighted by atomic mass is 10.4. The summed E-state index contributed by atoms with van der Waals surface area (Å²) in [4.78, 5) is 14.2. The van der Waals surface area contributed by atoms with Crippen molar-refractivity contribution in [2.75, 3.05) is 0 Å². The molecule has 7 heteroatoms. The Morgan fingerprint density at radius 1 is 1.53 bits per heavy atom. The summed E-state index contributed by atoms with van der Waals surface area (Å²) >= 11 is 0. The van der Waals surface area contributed by atoms with E-state index < -0.39 is 5.97 Å². The van der Waals surface area contributed by atoms with Gasteiger partial charge in [-0.25, -0.2) is 14.5 Å². The highest BCUT2D eigenvalue weighted by molar-refractivity contribution is 5.85. The Morgan fingerprint density at radius 2 is 2.33 bits per heavy atom. The van der Waals surface area contributed by atoms with Crippen LogP contribution >= 0.6 is 12.4 Å². The predicted molar refractivity (Wildman–Crippen MR) is 52.0 cm³/mol. The fourth-order valence-corrected chi connectivity index (χ4v) is 1.05. The maximum Gasteiger partial charge on any atom is 0.371 e. The Labute approximate surface area is 90.9 Å². The van der Waals surface area contributed by atoms with E-state index >= 15 is 0 Å². The molecule has 80 valence electrons. The zero-order valence-electron chi connectivity index (χ0n) is 7.53. The Kier molecular flexibility index (Phi) is 3.46. The first-order chi connectivity index (χ1) is 6.75. The van der Waals surface area contributed by atoms with Gasteiger partial charge in [0.05, 0.1) is 0 Å². The summed E-state index contributed by atoms with van der Waals surface area (Å²) in [5.41, 5.74) is 0. The average molecular weight is 230 g/mol. The summed E-state index contributed by atoms with van der Waals surface area (Å²) in [5, 5.41) is 12.5. The zero-order valence-corrected chi connectivity index (χ0v) is 8.35. The van der Waals surface area contributed by atoms with Crippen LogP contribution in [0, 0.1) is 0 Å². The van der Waals surface area contributed by atoms with Crippen molar-refractivity contribution in [3.63, 3.8) is 0 Å². The van der Waals surface area contributed by atoms with Crippen molar-refractivity contribution in [1.82, 2.24) is 14.8 Å². The number of furan rings is 1. The molecule has 0 aliphatic heterocycles. The van der Waals surface area contributed by atoms with Gasteiger partial charge in [-0.2, -0.15) is 5.10 Å². The number of aromatic nitrogens is 3. The average Bonchev–Trinajstić information content (AvgIpc) is 2.75. The van der Waals surface area contributed by atoms with Crippen LogP contribution in [0.3, 0.4) is 0 Å². The number of rotatable bonds is 3. The van der Waals surface area contributed by atoms with Crippen molar-refractivity contribution in [1.29, 1.82) is 0 Å². The number of carboxylic acids is 1. The molecule has 0 atom stereocenters. The molecule has 2 aromatic heterocycles. The van der Waals surface area contributed by atoms with E-state index in [1.54, 1.807) is 10.7 Å². The maximum absolute atomic E-state index is 10.5. The van der Waals surface area contributed by atoms with Crippen LogP contribution in [0.2, 0.25) is 0 Å². The molecule has 6 nitrogen and oxygen atoms in total. The van der Waals surface area contributed by atoms with E-state index in [9.17, 15) is 4.79 Å². The second-order valence-electron chi connectivity index (χ2n) is 2.66. The molecule has 0 amide bonds. The van der Waals surface area contributed by atoms with Gasteiger partial charge in [-0.3, -0.25) is 0 Å². The van der Waals surface area contributed by atoms with Crippen LogP contribution in [0.15, 0.2) is 29.2 Å². The van der Waals surface area contributed by atoms with Crippen molar-refractivity contribution < 1.29 is 14.3 Å². The van der Waals surface area contributed by atoms with Crippen LogP contribution in [0.5, 0.6) is 0 Å². The molecule has 2 rings (SSSR count). The second-order valence-corrected chi connectivity index (χ2v) is 2.66. The number of aromatic carboxylic acids is 1. The minimum Gasteiger partial charge on any atom is -0.475 e. The summed E-state index contributed by atoms with van der Waals surface area (Å²) < 4.78 is 6.58. The van der Waals surface area contributed by atoms with Crippen molar-refractivity contribution in [2.45, 2.75) is 6.54 Å². The molecule has 15 heavy (non-hydrogen) atoms. The van der Waals surface area contributed by atoms with Gasteiger partial charge in [0.1, 0.15) is 25.0 Å². The third-order valence-corrected chi connectivity index (χ3v) is 1.66. The predicted octanol–water partition coefficient (Wildman–Crippen LogP) is 1.04. The van der Waals surface area contributed by atoms with Crippen LogP contribution < -0.4 is 0 Å². The third-order valence-electron chi connectivity index (χ3n) is 1.66. The Hall–Kier alpha value is -1.82. The number of nitrogens with zero attached hydrogens (tertiary/aromatic N) is 3. The van der Waals surface area contributed by atoms with E-state index in [4.69, 9.17) is 9.52 Å². The summed E-state index contributed by atoms with van der Waals surface area (Å²) in [6.07, 6.45) is 2.93. The van der Waals surface area contributed by atoms with Gasteiger partial charge in [-0.1, -0.05) is 0 Å². The SMILES string of the molecule is Cl.O=C(O)c1ccc(Cn2cncn2)o1. The first kappa shape index (κ1) is 11.3. The molecule has 2 heterocycles. The molecule has 0 aliphatic rings. The van der Waals surface area contributed by atoms with Gasteiger partial charge in [0.2, 0.25) is 5.76 Å². The minimum atomic E-state index is -1.07. The maximum atomic E-state index is 10.5. The smallest absolute Gasteiger partial charge is 0.371 e. The van der Waals surface area contributed by atoms with Gasteiger partial charge in [0.25, 0.3) is 0 Å². The monoisotopic (exact) mass is 229 g/mol. The summed E-state index contributed by atoms with van der Waals surface area (Å²) in [6, 6.07) is 3.01. The van der Waals surface area contributed by atoms with Crippen LogP contribution in [0.1, 0.15) is 16.3 Å². The van der Waals surface area contributed by atoms with Gasteiger partial charge in [-0.05, 0) is 12.1 Å². The standard InChI is InChI=1S/C8H7N3O3.ClH/c12-8(13)7-2-1-6(14-7)3-11-5-9-4-10-11;/h1-2,4-5H,3H2,(H,12,13);1H. The van der Waals surface area contributed by atoms with E-state index in [-0.39, 0.29) is 18.2 Å². The first-order valence-corrected chi connectivity index (χ1v) is 3.90. The van der Waals surface area contributed by atoms with E-state index in [0.717, 1.165) is 0 Å². The lowest BCUT2D eigenvalue weighted by Crippen LogP contribution is -1.98. The highest BCUT2D eigenvalue weighted by Crippen LogP contribution is 2.08. The molecule has 0 spiro atoms. The molecule has 0 bridgehead atoms. The molecule has 2 aromatic rings. The number of hydrogen-bond donors (Lipinski definition) is 1. The summed E-state index contributed by atoms with van der Waals surface area (Å²) in [7, 11) is 0. The lowest BCUT2D eigenvalue weighted by molar-refractivity contribution is 0.0660. The van der Waals surface area contributed by atoms with Gasteiger partial charge in [0.15, 0.2) is 0 Å². The molecule has 0 unspecified atom stereocenters. The molecule has 0 saturated heterocycles. The summed E-state index contributed by atoms with van der Waals surface area (Å²) in [6.45, 7) is 0.382. The molecule has 0 radical (unpaired) electrons. The Morgan fingerprint density at radius 3 is 2.87 bits per heavy atom. The lowest BCUT2D eigenvalue weighted by Gasteiger charge is -1.94. The largest absolute Gasteiger partial charge is 0.475 e. The molecule has 0 aliphatic carbocycles. The van der Waals surface area contributed by atoms with Gasteiger partial charge >= 0.3 is 5.97 Å². The second kappa shape index (κ2) is 4.61. The fourth-order valence-electron chi connectivity index (χ4n) is 1.05. The van der Waals surface area contributed by atoms with Gasteiger partial charge in [-0.15, -0.1) is 12.4 Å². The van der Waals surface area contributed by atoms with Crippen molar-refractivity contribution >= 4 is 18.4 Å². The van der Waals surface area contributed by atoms with Crippen LogP contribution in [-0.4, -0.2) is 25.8 Å². The van der Waals surface area contributed by atoms with E-state index in [1.165, 1.54) is 18.7 Å². The number of carboxylic acid groups (broad SMARTS) is 1. The number of halogens is 1. The first-order valence-electron chi connectivity index (χ1n) is 3.90. The minimum absolute atomic E-state index is 0.